The largest absolute Gasteiger partial charge is 0.356 e. The van der Waals surface area contributed by atoms with E-state index in [9.17, 15) is 17.6 Å². The highest BCUT2D eigenvalue weighted by Crippen LogP contribution is 2.36. The SMILES string of the molecule is CCCCNC(=O)[C@H]1CN(S(=O)(=O)c2ccc(Cl)cc2)C[C@@H]1c1ccc(F)cc1. The van der Waals surface area contributed by atoms with Crippen molar-refractivity contribution in [3.63, 3.8) is 0 Å². The average molecular weight is 439 g/mol. The van der Waals surface area contributed by atoms with Crippen molar-refractivity contribution in [3.8, 4) is 0 Å². The molecule has 1 N–H and O–H groups in total. The number of nitrogens with one attached hydrogen (secondary N) is 1. The first-order valence-corrected chi connectivity index (χ1v) is 11.4. The minimum absolute atomic E-state index is 0.0744. The van der Waals surface area contributed by atoms with Gasteiger partial charge >= 0.3 is 0 Å². The highest BCUT2D eigenvalue weighted by atomic mass is 35.5. The zero-order valence-electron chi connectivity index (χ0n) is 16.1. The minimum atomic E-state index is -3.78. The maximum Gasteiger partial charge on any atom is 0.243 e. The predicted molar refractivity (Wildman–Crippen MR) is 111 cm³/mol. The van der Waals surface area contributed by atoms with Gasteiger partial charge in [-0.1, -0.05) is 37.1 Å². The Morgan fingerprint density at radius 1 is 1.14 bits per heavy atom. The van der Waals surface area contributed by atoms with Gasteiger partial charge in [0.2, 0.25) is 15.9 Å². The van der Waals surface area contributed by atoms with E-state index in [1.165, 1.54) is 40.7 Å². The van der Waals surface area contributed by atoms with Crippen molar-refractivity contribution in [2.24, 2.45) is 5.92 Å². The van der Waals surface area contributed by atoms with E-state index in [4.69, 9.17) is 11.6 Å². The maximum atomic E-state index is 13.4. The van der Waals surface area contributed by atoms with Gasteiger partial charge in [0.1, 0.15) is 5.82 Å². The summed E-state index contributed by atoms with van der Waals surface area (Å²) in [4.78, 5) is 12.9. The third-order valence-electron chi connectivity index (χ3n) is 5.20. The first-order chi connectivity index (χ1) is 13.8. The van der Waals surface area contributed by atoms with E-state index < -0.39 is 15.9 Å². The molecule has 0 saturated carbocycles. The normalized spacial score (nSPS) is 20.0. The second-order valence-corrected chi connectivity index (χ2v) is 9.56. The Morgan fingerprint density at radius 3 is 2.41 bits per heavy atom. The number of carbonyl (C=O) groups is 1. The molecule has 1 amide bonds. The summed E-state index contributed by atoms with van der Waals surface area (Å²) in [5, 5.41) is 3.35. The number of rotatable bonds is 7. The molecule has 29 heavy (non-hydrogen) atoms. The van der Waals surface area contributed by atoms with Crippen LogP contribution < -0.4 is 5.32 Å². The van der Waals surface area contributed by atoms with Crippen LogP contribution in [0.4, 0.5) is 4.39 Å². The van der Waals surface area contributed by atoms with Crippen molar-refractivity contribution in [1.82, 2.24) is 9.62 Å². The van der Waals surface area contributed by atoms with Gasteiger partial charge < -0.3 is 5.32 Å². The molecule has 0 aromatic heterocycles. The van der Waals surface area contributed by atoms with Crippen molar-refractivity contribution < 1.29 is 17.6 Å². The van der Waals surface area contributed by atoms with Crippen LogP contribution in [0.3, 0.4) is 0 Å². The Balaban J connectivity index is 1.88. The Kier molecular flexibility index (Phi) is 6.93. The number of hydrogen-bond acceptors (Lipinski definition) is 3. The van der Waals surface area contributed by atoms with E-state index in [2.05, 4.69) is 5.32 Å². The van der Waals surface area contributed by atoms with Crippen LogP contribution in [-0.2, 0) is 14.8 Å². The van der Waals surface area contributed by atoms with Gasteiger partial charge in [-0.3, -0.25) is 4.79 Å². The molecular formula is C21H24ClFN2O3S. The second kappa shape index (κ2) is 9.24. The standard InChI is InChI=1S/C21H24ClFN2O3S/c1-2-3-12-24-21(26)20-14-25(13-19(20)15-4-8-17(23)9-5-15)29(27,28)18-10-6-16(22)7-11-18/h4-11,19-20H,2-3,12-14H2,1H3,(H,24,26)/t19-,20+/m1/s1. The average Bonchev–Trinajstić information content (AvgIpc) is 3.15. The summed E-state index contributed by atoms with van der Waals surface area (Å²) in [5.74, 6) is -1.44. The van der Waals surface area contributed by atoms with Gasteiger partial charge in [-0.25, -0.2) is 12.8 Å². The van der Waals surface area contributed by atoms with Gasteiger partial charge in [-0.2, -0.15) is 4.31 Å². The molecule has 0 radical (unpaired) electrons. The fourth-order valence-corrected chi connectivity index (χ4v) is 5.17. The van der Waals surface area contributed by atoms with Gasteiger partial charge in [0.25, 0.3) is 0 Å². The Morgan fingerprint density at radius 2 is 1.79 bits per heavy atom. The van der Waals surface area contributed by atoms with E-state index >= 15 is 0 Å². The molecule has 1 aliphatic rings. The predicted octanol–water partition coefficient (Wildman–Crippen LogP) is 3.80. The molecule has 1 fully saturated rings. The van der Waals surface area contributed by atoms with Crippen molar-refractivity contribution >= 4 is 27.5 Å². The molecule has 5 nitrogen and oxygen atoms in total. The van der Waals surface area contributed by atoms with Gasteiger partial charge in [-0.05, 0) is 48.4 Å². The lowest BCUT2D eigenvalue weighted by Gasteiger charge is -2.18. The summed E-state index contributed by atoms with van der Waals surface area (Å²) in [6, 6.07) is 11.9. The number of hydrogen-bond donors (Lipinski definition) is 1. The summed E-state index contributed by atoms with van der Waals surface area (Å²) >= 11 is 5.87. The molecule has 1 aliphatic heterocycles. The van der Waals surface area contributed by atoms with Crippen molar-refractivity contribution in [1.29, 1.82) is 0 Å². The molecule has 1 heterocycles. The molecule has 2 aromatic rings. The first kappa shape index (κ1) is 21.7. The van der Waals surface area contributed by atoms with Crippen LogP contribution in [0.15, 0.2) is 53.4 Å². The van der Waals surface area contributed by atoms with E-state index in [1.54, 1.807) is 12.1 Å². The lowest BCUT2D eigenvalue weighted by Crippen LogP contribution is -2.36. The van der Waals surface area contributed by atoms with Crippen LogP contribution in [0.2, 0.25) is 5.02 Å². The van der Waals surface area contributed by atoms with Crippen LogP contribution in [0.1, 0.15) is 31.2 Å². The smallest absolute Gasteiger partial charge is 0.243 e. The molecule has 3 rings (SSSR count). The van der Waals surface area contributed by atoms with Gasteiger partial charge in [-0.15, -0.1) is 0 Å². The van der Waals surface area contributed by atoms with E-state index in [0.717, 1.165) is 18.4 Å². The van der Waals surface area contributed by atoms with Crippen LogP contribution >= 0.6 is 11.6 Å². The monoisotopic (exact) mass is 438 g/mol. The van der Waals surface area contributed by atoms with Gasteiger partial charge in [0.15, 0.2) is 0 Å². The first-order valence-electron chi connectivity index (χ1n) is 9.62. The summed E-state index contributed by atoms with van der Waals surface area (Å²) < 4.78 is 40.9. The molecule has 2 atom stereocenters. The summed E-state index contributed by atoms with van der Waals surface area (Å²) in [5.41, 5.74) is 0.746. The molecule has 0 spiro atoms. The van der Waals surface area contributed by atoms with E-state index in [1.807, 2.05) is 6.92 Å². The van der Waals surface area contributed by atoms with Crippen molar-refractivity contribution in [2.75, 3.05) is 19.6 Å². The second-order valence-electron chi connectivity index (χ2n) is 7.19. The molecule has 0 aliphatic carbocycles. The number of unbranched alkanes of at least 4 members (excludes halogenated alkanes) is 1. The third kappa shape index (κ3) is 4.97. The summed E-state index contributed by atoms with van der Waals surface area (Å²) in [6.07, 6.45) is 1.80. The van der Waals surface area contributed by atoms with Crippen LogP contribution in [-0.4, -0.2) is 38.3 Å². The van der Waals surface area contributed by atoms with Crippen molar-refractivity contribution in [2.45, 2.75) is 30.6 Å². The molecular weight excluding hydrogens is 415 g/mol. The molecule has 156 valence electrons. The van der Waals surface area contributed by atoms with Crippen LogP contribution in [0.25, 0.3) is 0 Å². The fraction of sp³-hybridized carbons (Fsp3) is 0.381. The number of amides is 1. The summed E-state index contributed by atoms with van der Waals surface area (Å²) in [7, 11) is -3.78. The highest BCUT2D eigenvalue weighted by molar-refractivity contribution is 7.89. The number of benzene rings is 2. The molecule has 0 unspecified atom stereocenters. The number of sulfonamides is 1. The topological polar surface area (TPSA) is 66.5 Å². The minimum Gasteiger partial charge on any atom is -0.356 e. The fourth-order valence-electron chi connectivity index (χ4n) is 3.55. The lowest BCUT2D eigenvalue weighted by atomic mass is 9.88. The molecule has 2 aromatic carbocycles. The third-order valence-corrected chi connectivity index (χ3v) is 7.30. The van der Waals surface area contributed by atoms with E-state index in [-0.39, 0.29) is 35.6 Å². The number of halogens is 2. The number of carbonyl (C=O) groups excluding carboxylic acids is 1. The van der Waals surface area contributed by atoms with Crippen LogP contribution in [0, 0.1) is 11.7 Å². The quantitative estimate of drug-likeness (QED) is 0.668. The Hall–Kier alpha value is -1.96. The number of nitrogens with zero attached hydrogens (tertiary/aromatic N) is 1. The summed E-state index contributed by atoms with van der Waals surface area (Å²) in [6.45, 7) is 2.81. The van der Waals surface area contributed by atoms with E-state index in [0.29, 0.717) is 11.6 Å². The highest BCUT2D eigenvalue weighted by Gasteiger charge is 2.43. The Labute approximate surface area is 175 Å². The maximum absolute atomic E-state index is 13.4. The zero-order valence-corrected chi connectivity index (χ0v) is 17.7. The van der Waals surface area contributed by atoms with Crippen LogP contribution in [0.5, 0.6) is 0 Å². The van der Waals surface area contributed by atoms with Gasteiger partial charge in [0, 0.05) is 30.6 Å². The zero-order chi connectivity index (χ0) is 21.0. The molecule has 0 bridgehead atoms. The molecule has 8 heteroatoms. The van der Waals surface area contributed by atoms with Crippen molar-refractivity contribution in [3.05, 3.63) is 64.9 Å². The molecule has 1 saturated heterocycles. The lowest BCUT2D eigenvalue weighted by molar-refractivity contribution is -0.124. The Bertz CT molecular complexity index is 949. The van der Waals surface area contributed by atoms with Gasteiger partial charge in [0.05, 0.1) is 10.8 Å².